The highest BCUT2D eigenvalue weighted by Crippen LogP contribution is 2.36. The average Bonchev–Trinajstić information content (AvgIpc) is 2.57. The quantitative estimate of drug-likeness (QED) is 0.267. The van der Waals surface area contributed by atoms with Gasteiger partial charge in [-0.2, -0.15) is 0 Å². The van der Waals surface area contributed by atoms with Gasteiger partial charge in [0.25, 0.3) is 0 Å². The molecule has 0 heterocycles. The zero-order valence-electron chi connectivity index (χ0n) is 15.2. The van der Waals surface area contributed by atoms with E-state index < -0.39 is 19.3 Å². The number of halogens is 1. The molecule has 0 unspecified atom stereocenters. The van der Waals surface area contributed by atoms with E-state index in [0.717, 1.165) is 0 Å². The molecule has 0 aromatic heterocycles. The monoisotopic (exact) mass is 425 g/mol. The Kier molecular flexibility index (Phi) is 8.67. The predicted octanol–water partition coefficient (Wildman–Crippen LogP) is 2.14. The number of benzene rings is 1. The van der Waals surface area contributed by atoms with Crippen LogP contribution in [0, 0.1) is 0 Å². The molecule has 1 amide bonds. The van der Waals surface area contributed by atoms with E-state index in [1.165, 1.54) is 4.90 Å². The van der Waals surface area contributed by atoms with Crippen LogP contribution in [0.15, 0.2) is 24.3 Å². The standard InChI is InChI=1S/C15H22ClN2O8P/c1-17(8-9-18(2,3)11-25-27(21,22)23)15(20)26-13-6-4-12(5-7-13)10-24-14(16)19/h4-7H,8-11H2,1-3H3,(H-,21,22,23)/p+1. The van der Waals surface area contributed by atoms with Crippen LogP contribution in [0.3, 0.4) is 0 Å². The number of hydrogen-bond donors (Lipinski definition) is 2. The van der Waals surface area contributed by atoms with Gasteiger partial charge in [-0.05, 0) is 17.7 Å². The van der Waals surface area contributed by atoms with Crippen molar-refractivity contribution in [3.63, 3.8) is 0 Å². The molecular weight excluding hydrogens is 403 g/mol. The zero-order chi connectivity index (χ0) is 20.7. The van der Waals surface area contributed by atoms with Crippen LogP contribution in [0.1, 0.15) is 5.56 Å². The molecule has 0 aliphatic carbocycles. The van der Waals surface area contributed by atoms with Gasteiger partial charge >= 0.3 is 19.3 Å². The summed E-state index contributed by atoms with van der Waals surface area (Å²) in [6, 6.07) is 6.36. The molecule has 0 saturated heterocycles. The summed E-state index contributed by atoms with van der Waals surface area (Å²) < 4.78 is 25.3. The van der Waals surface area contributed by atoms with E-state index >= 15 is 0 Å². The number of rotatable bonds is 9. The number of ether oxygens (including phenoxy) is 2. The average molecular weight is 426 g/mol. The number of likely N-dealkylation sites (N-methyl/N-ethyl adjacent to an activating group) is 2. The number of hydrogen-bond acceptors (Lipinski definition) is 6. The van der Waals surface area contributed by atoms with E-state index in [4.69, 9.17) is 26.1 Å². The number of amides is 1. The molecule has 1 rings (SSSR count). The van der Waals surface area contributed by atoms with E-state index in [1.54, 1.807) is 45.4 Å². The topological polar surface area (TPSA) is 123 Å². The summed E-state index contributed by atoms with van der Waals surface area (Å²) in [5.74, 6) is 0.311. The van der Waals surface area contributed by atoms with Gasteiger partial charge in [0.2, 0.25) is 0 Å². The molecule has 0 aliphatic heterocycles. The molecule has 0 saturated carbocycles. The van der Waals surface area contributed by atoms with Crippen molar-refractivity contribution in [1.29, 1.82) is 0 Å². The first-order chi connectivity index (χ1) is 12.4. The molecule has 0 fully saturated rings. The second kappa shape index (κ2) is 10.0. The summed E-state index contributed by atoms with van der Waals surface area (Å²) in [6.45, 7) is 0.468. The Hall–Kier alpha value is -1.68. The van der Waals surface area contributed by atoms with E-state index in [2.05, 4.69) is 9.26 Å². The van der Waals surface area contributed by atoms with Crippen molar-refractivity contribution in [3.05, 3.63) is 29.8 Å². The number of quaternary nitrogens is 1. The lowest BCUT2D eigenvalue weighted by Crippen LogP contribution is -2.47. The maximum Gasteiger partial charge on any atom is 0.474 e. The fraction of sp³-hybridized carbons (Fsp3) is 0.467. The minimum absolute atomic E-state index is 0.0140. The van der Waals surface area contributed by atoms with Crippen LogP contribution in [-0.4, -0.2) is 71.7 Å². The smallest absolute Gasteiger partial charge is 0.449 e. The van der Waals surface area contributed by atoms with Crippen LogP contribution in [0.25, 0.3) is 0 Å². The van der Waals surface area contributed by atoms with E-state index in [1.807, 2.05) is 0 Å². The molecule has 1 aromatic rings. The fourth-order valence-electron chi connectivity index (χ4n) is 1.78. The maximum absolute atomic E-state index is 12.1. The van der Waals surface area contributed by atoms with Crippen LogP contribution in [0.2, 0.25) is 0 Å². The summed E-state index contributed by atoms with van der Waals surface area (Å²) in [7, 11) is 0.416. The summed E-state index contributed by atoms with van der Waals surface area (Å²) in [6.07, 6.45) is -0.592. The highest BCUT2D eigenvalue weighted by Gasteiger charge is 2.24. The summed E-state index contributed by atoms with van der Waals surface area (Å²) in [5, 5.41) is 0. The molecule has 0 radical (unpaired) electrons. The number of carbonyl (C=O) groups excluding carboxylic acids is 2. The van der Waals surface area contributed by atoms with Gasteiger partial charge in [0, 0.05) is 18.6 Å². The summed E-state index contributed by atoms with van der Waals surface area (Å²) in [5.41, 5.74) is -0.221. The van der Waals surface area contributed by atoms with Gasteiger partial charge in [-0.15, -0.1) is 0 Å². The fourth-order valence-corrected chi connectivity index (χ4v) is 2.30. The van der Waals surface area contributed by atoms with Gasteiger partial charge < -0.3 is 28.6 Å². The van der Waals surface area contributed by atoms with Gasteiger partial charge in [0.15, 0.2) is 6.73 Å². The van der Waals surface area contributed by atoms with Gasteiger partial charge in [0.05, 0.1) is 27.2 Å². The van der Waals surface area contributed by atoms with E-state index in [-0.39, 0.29) is 24.4 Å². The molecule has 0 aliphatic rings. The maximum atomic E-state index is 12.1. The highest BCUT2D eigenvalue weighted by atomic mass is 35.5. The van der Waals surface area contributed by atoms with Crippen LogP contribution >= 0.6 is 19.4 Å². The van der Waals surface area contributed by atoms with E-state index in [0.29, 0.717) is 17.9 Å². The van der Waals surface area contributed by atoms with Crippen molar-refractivity contribution >= 4 is 30.9 Å². The Labute approximate surface area is 162 Å². The van der Waals surface area contributed by atoms with Crippen molar-refractivity contribution in [2.75, 3.05) is 41.0 Å². The first-order valence-corrected chi connectivity index (χ1v) is 9.65. The summed E-state index contributed by atoms with van der Waals surface area (Å²) >= 11 is 5.08. The molecular formula is C15H23ClN2O8P+. The van der Waals surface area contributed by atoms with Crippen molar-refractivity contribution in [2.45, 2.75) is 6.61 Å². The van der Waals surface area contributed by atoms with Gasteiger partial charge in [-0.3, -0.25) is 0 Å². The first kappa shape index (κ1) is 23.4. The number of phosphoric ester groups is 1. The Balaban J connectivity index is 2.47. The van der Waals surface area contributed by atoms with Crippen LogP contribution in [-0.2, 0) is 20.4 Å². The van der Waals surface area contributed by atoms with Crippen LogP contribution in [0.4, 0.5) is 9.59 Å². The Bertz CT molecular complexity index is 692. The van der Waals surface area contributed by atoms with Crippen LogP contribution in [0.5, 0.6) is 5.75 Å². The Morgan fingerprint density at radius 2 is 1.81 bits per heavy atom. The molecule has 152 valence electrons. The third kappa shape index (κ3) is 10.3. The highest BCUT2D eigenvalue weighted by molar-refractivity contribution is 7.46. The first-order valence-electron chi connectivity index (χ1n) is 7.74. The Morgan fingerprint density at radius 1 is 1.22 bits per heavy atom. The third-order valence-corrected chi connectivity index (χ3v) is 3.97. The van der Waals surface area contributed by atoms with Gasteiger partial charge in [-0.25, -0.2) is 18.7 Å². The minimum atomic E-state index is -4.55. The molecule has 0 spiro atoms. The molecule has 0 bridgehead atoms. The largest absolute Gasteiger partial charge is 0.474 e. The Morgan fingerprint density at radius 3 is 2.33 bits per heavy atom. The minimum Gasteiger partial charge on any atom is -0.449 e. The predicted molar refractivity (Wildman–Crippen MR) is 96.1 cm³/mol. The normalized spacial score (nSPS) is 11.8. The SMILES string of the molecule is CN(CC[N+](C)(C)COP(=O)(O)O)C(=O)Oc1ccc(COC(=O)Cl)cc1. The van der Waals surface area contributed by atoms with Crippen molar-refractivity contribution in [3.8, 4) is 5.75 Å². The molecule has 12 heteroatoms. The van der Waals surface area contributed by atoms with Crippen molar-refractivity contribution in [2.24, 2.45) is 0 Å². The second-order valence-corrected chi connectivity index (χ2v) is 7.92. The summed E-state index contributed by atoms with van der Waals surface area (Å²) in [4.78, 5) is 41.5. The van der Waals surface area contributed by atoms with Gasteiger partial charge in [-0.1, -0.05) is 12.1 Å². The number of nitrogens with zero attached hydrogens (tertiary/aromatic N) is 2. The lowest BCUT2D eigenvalue weighted by atomic mass is 10.2. The van der Waals surface area contributed by atoms with Crippen molar-refractivity contribution < 1.29 is 42.4 Å². The number of phosphoric acid groups is 1. The number of carbonyl (C=O) groups is 2. The zero-order valence-corrected chi connectivity index (χ0v) is 16.9. The molecule has 0 atom stereocenters. The van der Waals surface area contributed by atoms with Gasteiger partial charge in [0.1, 0.15) is 12.4 Å². The molecule has 27 heavy (non-hydrogen) atoms. The lowest BCUT2D eigenvalue weighted by molar-refractivity contribution is -0.905. The molecule has 10 nitrogen and oxygen atoms in total. The second-order valence-electron chi connectivity index (χ2n) is 6.37. The van der Waals surface area contributed by atoms with Crippen LogP contribution < -0.4 is 4.74 Å². The molecule has 2 N–H and O–H groups in total. The lowest BCUT2D eigenvalue weighted by Gasteiger charge is -2.30. The molecule has 1 aromatic carbocycles. The van der Waals surface area contributed by atoms with E-state index in [9.17, 15) is 14.2 Å². The third-order valence-electron chi connectivity index (χ3n) is 3.41. The van der Waals surface area contributed by atoms with Crippen molar-refractivity contribution in [1.82, 2.24) is 4.90 Å².